The number of nitrogens with zero attached hydrogens (tertiary/aromatic N) is 1. The quantitative estimate of drug-likeness (QED) is 0.556. The molecule has 2 amide bonds. The number of ether oxygens (including phenoxy) is 2. The van der Waals surface area contributed by atoms with E-state index in [1.54, 1.807) is 14.2 Å². The molecule has 152 valence electrons. The molecule has 0 unspecified atom stereocenters. The first kappa shape index (κ1) is 20.5. The van der Waals surface area contributed by atoms with Crippen LogP contribution in [0.15, 0.2) is 11.6 Å². The number of hydrogen-bond donors (Lipinski definition) is 0. The Kier molecular flexibility index (Phi) is 5.83. The second kappa shape index (κ2) is 7.67. The molecule has 0 bridgehead atoms. The van der Waals surface area contributed by atoms with Crippen LogP contribution in [0.3, 0.4) is 0 Å². The van der Waals surface area contributed by atoms with Gasteiger partial charge in [-0.1, -0.05) is 40.2 Å². The Morgan fingerprint density at radius 1 is 1.19 bits per heavy atom. The van der Waals surface area contributed by atoms with E-state index >= 15 is 0 Å². The fourth-order valence-corrected chi connectivity index (χ4v) is 5.22. The molecule has 0 aromatic heterocycles. The van der Waals surface area contributed by atoms with Crippen molar-refractivity contribution in [3.8, 4) is 0 Å². The molecule has 3 aliphatic rings. The Balaban J connectivity index is 1.71. The number of hydrogen-bond acceptors (Lipinski definition) is 4. The summed E-state index contributed by atoms with van der Waals surface area (Å²) in [5, 5.41) is 0. The first-order valence-electron chi connectivity index (χ1n) is 10.3. The first-order chi connectivity index (χ1) is 12.6. The summed E-state index contributed by atoms with van der Waals surface area (Å²) in [5.74, 6) is 0.337. The van der Waals surface area contributed by atoms with Crippen molar-refractivity contribution in [3.63, 3.8) is 0 Å². The lowest BCUT2D eigenvalue weighted by Gasteiger charge is -2.42. The summed E-state index contributed by atoms with van der Waals surface area (Å²) in [5.41, 5.74) is 1.31. The summed E-state index contributed by atoms with van der Waals surface area (Å²) < 4.78 is 12.0. The van der Waals surface area contributed by atoms with Crippen molar-refractivity contribution in [2.24, 2.45) is 29.1 Å². The van der Waals surface area contributed by atoms with Crippen LogP contribution in [0.2, 0.25) is 0 Å². The van der Waals surface area contributed by atoms with Gasteiger partial charge in [-0.3, -0.25) is 14.5 Å². The summed E-state index contributed by atoms with van der Waals surface area (Å²) in [6.07, 6.45) is 6.09. The average molecular weight is 378 g/mol. The molecular formula is C22H35NO4. The van der Waals surface area contributed by atoms with Crippen LogP contribution >= 0.6 is 0 Å². The maximum absolute atomic E-state index is 12.5. The molecule has 1 saturated carbocycles. The minimum Gasteiger partial charge on any atom is -0.377 e. The summed E-state index contributed by atoms with van der Waals surface area (Å²) in [7, 11) is 3.18. The van der Waals surface area contributed by atoms with Gasteiger partial charge in [-0.2, -0.15) is 0 Å². The van der Waals surface area contributed by atoms with Crippen LogP contribution in [0.4, 0.5) is 0 Å². The number of carbonyl (C=O) groups is 2. The molecule has 5 heteroatoms. The van der Waals surface area contributed by atoms with Gasteiger partial charge in [0.25, 0.3) is 0 Å². The van der Waals surface area contributed by atoms with Crippen molar-refractivity contribution in [2.45, 2.75) is 65.6 Å². The molecular weight excluding hydrogens is 342 g/mol. The molecule has 27 heavy (non-hydrogen) atoms. The number of rotatable bonds is 4. The lowest BCUT2D eigenvalue weighted by molar-refractivity contribution is -0.138. The lowest BCUT2D eigenvalue weighted by atomic mass is 9.68. The van der Waals surface area contributed by atoms with Crippen LogP contribution in [0, 0.1) is 29.1 Å². The van der Waals surface area contributed by atoms with E-state index in [1.165, 1.54) is 17.7 Å². The fraction of sp³-hybridized carbons (Fsp3) is 0.818. The van der Waals surface area contributed by atoms with Crippen LogP contribution in [0.1, 0.15) is 53.4 Å². The number of carbonyl (C=O) groups excluding carboxylic acids is 2. The largest absolute Gasteiger partial charge is 0.377 e. The highest BCUT2D eigenvalue weighted by molar-refractivity contribution is 6.05. The van der Waals surface area contributed by atoms with Gasteiger partial charge < -0.3 is 9.47 Å². The topological polar surface area (TPSA) is 55.8 Å². The van der Waals surface area contributed by atoms with Gasteiger partial charge in [0.2, 0.25) is 11.8 Å². The molecule has 0 N–H and O–H groups in total. The minimum atomic E-state index is -0.381. The molecule has 1 aliphatic heterocycles. The molecule has 2 fully saturated rings. The Morgan fingerprint density at radius 2 is 1.89 bits per heavy atom. The Hall–Kier alpha value is -1.20. The minimum absolute atomic E-state index is 0.0866. The van der Waals surface area contributed by atoms with Crippen LogP contribution in [-0.2, 0) is 19.1 Å². The summed E-state index contributed by atoms with van der Waals surface area (Å²) in [6, 6.07) is 0. The van der Waals surface area contributed by atoms with Gasteiger partial charge in [0.1, 0.15) is 0 Å². The summed E-state index contributed by atoms with van der Waals surface area (Å²) >= 11 is 0. The van der Waals surface area contributed by atoms with E-state index in [-0.39, 0.29) is 41.3 Å². The highest BCUT2D eigenvalue weighted by atomic mass is 16.5. The third-order valence-corrected chi connectivity index (χ3v) is 6.85. The van der Waals surface area contributed by atoms with Crippen LogP contribution in [0.5, 0.6) is 0 Å². The SMILES string of the molecule is CO[C@@H]1C=C(CO[C@@H]2C[C@H](C)CC[C@H]2C(C)(C)C)C[C@@H]2C(=O)N(C)C(=O)[C@@H]21. The zero-order chi connectivity index (χ0) is 19.9. The molecule has 2 aliphatic carbocycles. The second-order valence-corrected chi connectivity index (χ2v) is 9.84. The number of methoxy groups -OCH3 is 1. The molecule has 0 spiro atoms. The van der Waals surface area contributed by atoms with E-state index in [4.69, 9.17) is 9.47 Å². The third kappa shape index (κ3) is 4.00. The summed E-state index contributed by atoms with van der Waals surface area (Å²) in [4.78, 5) is 26.1. The average Bonchev–Trinajstić information content (AvgIpc) is 2.83. The van der Waals surface area contributed by atoms with Crippen LogP contribution in [-0.4, -0.2) is 49.7 Å². The van der Waals surface area contributed by atoms with Crippen molar-refractivity contribution >= 4 is 11.8 Å². The maximum Gasteiger partial charge on any atom is 0.235 e. The van der Waals surface area contributed by atoms with Crippen LogP contribution in [0.25, 0.3) is 0 Å². The highest BCUT2D eigenvalue weighted by Gasteiger charge is 2.51. The van der Waals surface area contributed by atoms with Crippen molar-refractivity contribution < 1.29 is 19.1 Å². The molecule has 1 heterocycles. The maximum atomic E-state index is 12.5. The standard InChI is InChI=1S/C22H35NO4/c1-13-7-8-16(22(2,3)4)17(9-13)27-12-14-10-15-19(18(11-14)26-6)21(25)23(5)20(15)24/h11,13,15-19H,7-10,12H2,1-6H3/t13-,15+,16-,17-,18-,19+/m1/s1. The van der Waals surface area contributed by atoms with E-state index in [0.717, 1.165) is 12.0 Å². The Bertz CT molecular complexity index is 620. The molecule has 1 saturated heterocycles. The molecule has 6 atom stereocenters. The number of fused-ring (bicyclic) bond motifs is 1. The molecule has 3 rings (SSSR count). The van der Waals surface area contributed by atoms with Crippen molar-refractivity contribution in [2.75, 3.05) is 20.8 Å². The normalized spacial score (nSPS) is 37.4. The van der Waals surface area contributed by atoms with Crippen LogP contribution < -0.4 is 0 Å². The lowest BCUT2D eigenvalue weighted by Crippen LogP contribution is -2.40. The highest BCUT2D eigenvalue weighted by Crippen LogP contribution is 2.43. The Morgan fingerprint density at radius 3 is 2.52 bits per heavy atom. The van der Waals surface area contributed by atoms with Crippen molar-refractivity contribution in [1.29, 1.82) is 0 Å². The third-order valence-electron chi connectivity index (χ3n) is 6.85. The van der Waals surface area contributed by atoms with Gasteiger partial charge in [0.05, 0.1) is 30.7 Å². The second-order valence-electron chi connectivity index (χ2n) is 9.84. The smallest absolute Gasteiger partial charge is 0.235 e. The van der Waals surface area contributed by atoms with Crippen molar-refractivity contribution in [1.82, 2.24) is 4.90 Å². The molecule has 5 nitrogen and oxygen atoms in total. The predicted molar refractivity (Wildman–Crippen MR) is 104 cm³/mol. The van der Waals surface area contributed by atoms with E-state index in [9.17, 15) is 9.59 Å². The molecule has 0 aromatic rings. The zero-order valence-electron chi connectivity index (χ0n) is 17.7. The van der Waals surface area contributed by atoms with E-state index in [0.29, 0.717) is 24.9 Å². The van der Waals surface area contributed by atoms with E-state index in [2.05, 4.69) is 27.7 Å². The number of amides is 2. The van der Waals surface area contributed by atoms with Gasteiger partial charge in [-0.25, -0.2) is 0 Å². The summed E-state index contributed by atoms with van der Waals surface area (Å²) in [6.45, 7) is 9.73. The van der Waals surface area contributed by atoms with Gasteiger partial charge >= 0.3 is 0 Å². The van der Waals surface area contributed by atoms with Gasteiger partial charge in [-0.15, -0.1) is 0 Å². The molecule has 0 radical (unpaired) electrons. The Labute approximate surface area is 163 Å². The molecule has 0 aromatic carbocycles. The zero-order valence-corrected chi connectivity index (χ0v) is 17.7. The monoisotopic (exact) mass is 377 g/mol. The predicted octanol–water partition coefficient (Wildman–Crippen LogP) is 3.43. The van der Waals surface area contributed by atoms with Gasteiger partial charge in [0.15, 0.2) is 0 Å². The van der Waals surface area contributed by atoms with E-state index in [1.807, 2.05) is 6.08 Å². The van der Waals surface area contributed by atoms with Gasteiger partial charge in [0, 0.05) is 14.2 Å². The van der Waals surface area contributed by atoms with Gasteiger partial charge in [-0.05, 0) is 42.1 Å². The van der Waals surface area contributed by atoms with E-state index < -0.39 is 0 Å². The van der Waals surface area contributed by atoms with Crippen molar-refractivity contribution in [3.05, 3.63) is 11.6 Å². The number of likely N-dealkylation sites (tertiary alicyclic amines) is 1. The number of imide groups is 1. The first-order valence-corrected chi connectivity index (χ1v) is 10.3. The fourth-order valence-electron chi connectivity index (χ4n) is 5.22.